The van der Waals surface area contributed by atoms with Crippen molar-refractivity contribution in [1.82, 2.24) is 10.6 Å². The lowest BCUT2D eigenvalue weighted by atomic mass is 9.59. The topological polar surface area (TPSA) is 90.5 Å². The number of hydrogen-bond acceptors (Lipinski definition) is 4. The van der Waals surface area contributed by atoms with Gasteiger partial charge < -0.3 is 21.1 Å². The predicted octanol–water partition coefficient (Wildman–Crippen LogP) is 5.38. The molecule has 0 bridgehead atoms. The lowest BCUT2D eigenvalue weighted by Gasteiger charge is -2.41. The molecule has 1 saturated carbocycles. The summed E-state index contributed by atoms with van der Waals surface area (Å²) in [6.07, 6.45) is 6.47. The highest BCUT2D eigenvalue weighted by Crippen LogP contribution is 2.57. The molecule has 0 aromatic heterocycles. The zero-order valence-corrected chi connectivity index (χ0v) is 24.4. The van der Waals surface area contributed by atoms with Crippen LogP contribution in [-0.2, 0) is 15.0 Å². The summed E-state index contributed by atoms with van der Waals surface area (Å²) in [7, 11) is 0. The molecular weight excluding hydrogens is 540 g/mol. The third kappa shape index (κ3) is 5.16. The van der Waals surface area contributed by atoms with Gasteiger partial charge in [-0.3, -0.25) is 9.59 Å². The second kappa shape index (κ2) is 10.2. The number of fused-ring (bicyclic) bond motifs is 2. The van der Waals surface area contributed by atoms with Gasteiger partial charge in [-0.1, -0.05) is 62.2 Å². The van der Waals surface area contributed by atoms with E-state index in [1.807, 2.05) is 13.0 Å². The Morgan fingerprint density at radius 1 is 1.23 bits per heavy atom. The molecule has 212 valence electrons. The van der Waals surface area contributed by atoms with E-state index in [4.69, 9.17) is 23.2 Å². The van der Waals surface area contributed by atoms with Crippen molar-refractivity contribution in [3.05, 3.63) is 52.0 Å². The first-order valence-corrected chi connectivity index (χ1v) is 14.6. The number of amides is 2. The van der Waals surface area contributed by atoms with Gasteiger partial charge in [-0.2, -0.15) is 0 Å². The van der Waals surface area contributed by atoms with Crippen LogP contribution in [0.5, 0.6) is 0 Å². The number of aliphatic hydroxyl groups is 1. The van der Waals surface area contributed by atoms with Crippen molar-refractivity contribution in [2.75, 3.05) is 5.32 Å². The van der Waals surface area contributed by atoms with Crippen molar-refractivity contribution < 1.29 is 19.1 Å². The maximum absolute atomic E-state index is 16.0. The van der Waals surface area contributed by atoms with Crippen LogP contribution in [0.3, 0.4) is 0 Å². The van der Waals surface area contributed by atoms with Crippen LogP contribution >= 0.6 is 23.2 Å². The minimum atomic E-state index is -1.56. The Hall–Kier alpha value is -1.93. The second-order valence-corrected chi connectivity index (χ2v) is 14.1. The summed E-state index contributed by atoms with van der Waals surface area (Å²) >= 11 is 12.6. The number of rotatable bonds is 4. The minimum absolute atomic E-state index is 0.0559. The summed E-state index contributed by atoms with van der Waals surface area (Å²) in [5, 5.41) is 20.6. The van der Waals surface area contributed by atoms with Crippen LogP contribution in [-0.4, -0.2) is 46.8 Å². The molecule has 2 unspecified atom stereocenters. The number of nitrogens with one attached hydrogen (secondary N) is 3. The summed E-state index contributed by atoms with van der Waals surface area (Å²) < 4.78 is 16.0. The molecule has 1 aromatic carbocycles. The largest absolute Gasteiger partial charge is 0.390 e. The van der Waals surface area contributed by atoms with Gasteiger partial charge in [-0.05, 0) is 68.2 Å². The van der Waals surface area contributed by atoms with E-state index in [0.29, 0.717) is 42.8 Å². The maximum atomic E-state index is 16.0. The third-order valence-corrected chi connectivity index (χ3v) is 9.55. The highest BCUT2D eigenvalue weighted by Gasteiger charge is 2.67. The second-order valence-electron chi connectivity index (χ2n) is 13.2. The summed E-state index contributed by atoms with van der Waals surface area (Å²) in [6, 6.07) is 3.90. The van der Waals surface area contributed by atoms with Gasteiger partial charge in [0.25, 0.3) is 0 Å². The molecule has 2 aliphatic heterocycles. The molecule has 4 N–H and O–H groups in total. The molecule has 4 aliphatic rings. The fraction of sp³-hybridized carbons (Fsp3) is 0.600. The number of allylic oxidation sites excluding steroid dienone is 4. The van der Waals surface area contributed by atoms with Crippen molar-refractivity contribution in [2.45, 2.75) is 95.1 Å². The van der Waals surface area contributed by atoms with E-state index in [1.165, 1.54) is 6.08 Å². The fourth-order valence-electron chi connectivity index (χ4n) is 7.18. The SMILES string of the molecule is CC(C)(C)C[C@@H]1N[C@@H](C(=O)NC2CCC(C)(O)CC2)[C@H](C2C=CC=C(Cl)C2F)[C@]12C(=O)Nc1cc(Cl)ccc12. The van der Waals surface area contributed by atoms with E-state index in [0.717, 1.165) is 5.56 Å². The Labute approximate surface area is 239 Å². The number of hydrogen-bond donors (Lipinski definition) is 4. The Kier molecular flexibility index (Phi) is 7.45. The molecular formula is C30H38Cl2FN3O3. The number of carbonyl (C=O) groups excluding carboxylic acids is 2. The minimum Gasteiger partial charge on any atom is -0.390 e. The molecule has 1 aromatic rings. The van der Waals surface area contributed by atoms with Gasteiger partial charge in [0.05, 0.1) is 22.1 Å². The molecule has 2 heterocycles. The Bertz CT molecular complexity index is 1220. The predicted molar refractivity (Wildman–Crippen MR) is 153 cm³/mol. The van der Waals surface area contributed by atoms with Crippen LogP contribution in [0.2, 0.25) is 5.02 Å². The fourth-order valence-corrected chi connectivity index (χ4v) is 7.57. The Morgan fingerprint density at radius 3 is 2.59 bits per heavy atom. The van der Waals surface area contributed by atoms with Crippen molar-refractivity contribution >= 4 is 40.7 Å². The van der Waals surface area contributed by atoms with Gasteiger partial charge in [0.1, 0.15) is 6.17 Å². The van der Waals surface area contributed by atoms with Crippen molar-refractivity contribution in [1.29, 1.82) is 0 Å². The van der Waals surface area contributed by atoms with Crippen molar-refractivity contribution in [2.24, 2.45) is 17.3 Å². The average Bonchev–Trinajstić information content (AvgIpc) is 3.31. The summed E-state index contributed by atoms with van der Waals surface area (Å²) in [4.78, 5) is 28.2. The molecule has 1 spiro atoms. The lowest BCUT2D eigenvalue weighted by Crippen LogP contribution is -2.54. The van der Waals surface area contributed by atoms with Crippen molar-refractivity contribution in [3.8, 4) is 0 Å². The van der Waals surface area contributed by atoms with E-state index in [2.05, 4.69) is 36.7 Å². The van der Waals surface area contributed by atoms with Crippen LogP contribution in [0.25, 0.3) is 0 Å². The zero-order valence-electron chi connectivity index (χ0n) is 22.9. The van der Waals surface area contributed by atoms with E-state index in [9.17, 15) is 14.7 Å². The highest BCUT2D eigenvalue weighted by atomic mass is 35.5. The van der Waals surface area contributed by atoms with E-state index >= 15 is 4.39 Å². The van der Waals surface area contributed by atoms with Crippen LogP contribution in [0.15, 0.2) is 41.5 Å². The molecule has 39 heavy (non-hydrogen) atoms. The molecule has 2 aliphatic carbocycles. The van der Waals surface area contributed by atoms with E-state index in [-0.39, 0.29) is 28.3 Å². The molecule has 9 heteroatoms. The number of anilines is 1. The molecule has 6 nitrogen and oxygen atoms in total. The van der Waals surface area contributed by atoms with Gasteiger partial charge in [-0.15, -0.1) is 0 Å². The van der Waals surface area contributed by atoms with E-state index in [1.54, 1.807) is 24.3 Å². The van der Waals surface area contributed by atoms with Crippen LogP contribution in [0, 0.1) is 17.3 Å². The first-order valence-electron chi connectivity index (χ1n) is 13.8. The molecule has 6 atom stereocenters. The summed E-state index contributed by atoms with van der Waals surface area (Å²) in [6.45, 7) is 8.09. The molecule has 5 rings (SSSR count). The molecule has 0 radical (unpaired) electrons. The number of carbonyl (C=O) groups is 2. The van der Waals surface area contributed by atoms with Gasteiger partial charge >= 0.3 is 0 Å². The summed E-state index contributed by atoms with van der Waals surface area (Å²) in [5.41, 5.74) is -0.842. The number of halogens is 3. The van der Waals surface area contributed by atoms with Crippen LogP contribution < -0.4 is 16.0 Å². The average molecular weight is 579 g/mol. The lowest BCUT2D eigenvalue weighted by molar-refractivity contribution is -0.127. The van der Waals surface area contributed by atoms with Crippen LogP contribution in [0.4, 0.5) is 10.1 Å². The normalized spacial score (nSPS) is 37.9. The molecule has 2 fully saturated rings. The number of alkyl halides is 1. The highest BCUT2D eigenvalue weighted by molar-refractivity contribution is 6.31. The smallest absolute Gasteiger partial charge is 0.237 e. The Balaban J connectivity index is 1.61. The first-order chi connectivity index (χ1) is 18.2. The van der Waals surface area contributed by atoms with Gasteiger partial charge in [0.2, 0.25) is 11.8 Å². The molecule has 1 saturated heterocycles. The Morgan fingerprint density at radius 2 is 1.92 bits per heavy atom. The molecule has 2 amide bonds. The quantitative estimate of drug-likeness (QED) is 0.386. The van der Waals surface area contributed by atoms with Gasteiger partial charge in [-0.25, -0.2) is 4.39 Å². The van der Waals surface area contributed by atoms with E-state index < -0.39 is 41.1 Å². The van der Waals surface area contributed by atoms with Gasteiger partial charge in [0.15, 0.2) is 0 Å². The van der Waals surface area contributed by atoms with Gasteiger partial charge in [0, 0.05) is 34.6 Å². The number of benzene rings is 1. The van der Waals surface area contributed by atoms with Crippen molar-refractivity contribution in [3.63, 3.8) is 0 Å². The zero-order chi connectivity index (χ0) is 28.3. The third-order valence-electron chi connectivity index (χ3n) is 8.98. The standard InChI is InChI=1S/C30H38Cl2FN3O3/c1-28(2,3)15-22-30(19-9-8-16(31)14-21(19)35-27(30)38)23(18-6-5-7-20(32)24(18)33)25(36-22)26(37)34-17-10-12-29(4,39)13-11-17/h5-9,14,17-18,22-25,36,39H,10-13,15H2,1-4H3,(H,34,37)(H,35,38)/t17?,18?,22-,23-,24?,25+,29?,30+/m0/s1. The van der Waals surface area contributed by atoms with Crippen LogP contribution in [0.1, 0.15) is 65.4 Å². The first kappa shape index (κ1) is 28.6. The maximum Gasteiger partial charge on any atom is 0.237 e. The summed E-state index contributed by atoms with van der Waals surface area (Å²) in [5.74, 6) is -2.09. The monoisotopic (exact) mass is 577 g/mol.